The first-order valence-electron chi connectivity index (χ1n) is 8.08. The number of hydrogen-bond acceptors (Lipinski definition) is 2. The Hall–Kier alpha value is -2.16. The maximum absolute atomic E-state index is 12.0. The molecule has 3 heteroatoms. The molecule has 0 spiro atoms. The largest absolute Gasteiger partial charge is 0.352 e. The van der Waals surface area contributed by atoms with Gasteiger partial charge in [-0.25, -0.2) is 0 Å². The van der Waals surface area contributed by atoms with Crippen LogP contribution in [0.1, 0.15) is 53.4 Å². The molecule has 0 fully saturated rings. The van der Waals surface area contributed by atoms with Gasteiger partial charge in [0.2, 0.25) is 0 Å². The van der Waals surface area contributed by atoms with Gasteiger partial charge in [-0.15, -0.1) is 0 Å². The monoisotopic (exact) mass is 310 g/mol. The highest BCUT2D eigenvalue weighted by Gasteiger charge is 2.16. The molecule has 122 valence electrons. The number of carbonyl (C=O) groups excluding carboxylic acids is 1. The summed E-state index contributed by atoms with van der Waals surface area (Å²) >= 11 is 0. The normalized spacial score (nSPS) is 11.3. The molecule has 0 unspecified atom stereocenters. The summed E-state index contributed by atoms with van der Waals surface area (Å²) in [5.74, 6) is -0.0697. The van der Waals surface area contributed by atoms with Crippen LogP contribution in [-0.4, -0.2) is 17.4 Å². The van der Waals surface area contributed by atoms with Crippen LogP contribution in [0.4, 0.5) is 0 Å². The number of benzene rings is 1. The lowest BCUT2D eigenvalue weighted by atomic mass is 9.83. The summed E-state index contributed by atoms with van der Waals surface area (Å²) in [6.07, 6.45) is 4.10. The Morgan fingerprint density at radius 1 is 1.17 bits per heavy atom. The molecule has 3 nitrogen and oxygen atoms in total. The van der Waals surface area contributed by atoms with Crippen LogP contribution in [0.15, 0.2) is 36.7 Å². The standard InChI is InChI=1S/C20H26N2O/c1-14-11-17(20(3,4)5)12-15(2)18(14)8-10-22-19(23)16-7-6-9-21-13-16/h6-7,9,11-13H,8,10H2,1-5H3,(H,22,23). The van der Waals surface area contributed by atoms with Gasteiger partial charge < -0.3 is 5.32 Å². The highest BCUT2D eigenvalue weighted by Crippen LogP contribution is 2.27. The van der Waals surface area contributed by atoms with Crippen LogP contribution >= 0.6 is 0 Å². The van der Waals surface area contributed by atoms with Gasteiger partial charge >= 0.3 is 0 Å². The van der Waals surface area contributed by atoms with Crippen molar-refractivity contribution in [3.05, 3.63) is 64.5 Å². The van der Waals surface area contributed by atoms with Gasteiger partial charge in [0, 0.05) is 18.9 Å². The fourth-order valence-corrected chi connectivity index (χ4v) is 2.72. The quantitative estimate of drug-likeness (QED) is 0.928. The maximum atomic E-state index is 12.0. The van der Waals surface area contributed by atoms with Gasteiger partial charge in [-0.2, -0.15) is 0 Å². The Labute approximate surface area is 139 Å². The molecule has 0 saturated carbocycles. The zero-order valence-electron chi connectivity index (χ0n) is 14.7. The van der Waals surface area contributed by atoms with Gasteiger partial charge in [-0.1, -0.05) is 32.9 Å². The van der Waals surface area contributed by atoms with Crippen molar-refractivity contribution >= 4 is 5.91 Å². The van der Waals surface area contributed by atoms with Crippen molar-refractivity contribution in [2.45, 2.75) is 46.5 Å². The second-order valence-electron chi connectivity index (χ2n) is 7.09. The fraction of sp³-hybridized carbons (Fsp3) is 0.400. The Morgan fingerprint density at radius 3 is 2.35 bits per heavy atom. The van der Waals surface area contributed by atoms with Gasteiger partial charge in [0.05, 0.1) is 5.56 Å². The molecule has 0 aliphatic rings. The highest BCUT2D eigenvalue weighted by atomic mass is 16.1. The molecule has 1 aromatic heterocycles. The van der Waals surface area contributed by atoms with Gasteiger partial charge in [-0.3, -0.25) is 9.78 Å². The minimum atomic E-state index is -0.0697. The van der Waals surface area contributed by atoms with E-state index >= 15 is 0 Å². The first-order chi connectivity index (χ1) is 10.8. The van der Waals surface area contributed by atoms with Crippen LogP contribution in [-0.2, 0) is 11.8 Å². The average molecular weight is 310 g/mol. The average Bonchev–Trinajstić information content (AvgIpc) is 2.49. The van der Waals surface area contributed by atoms with Crippen LogP contribution < -0.4 is 5.32 Å². The third-order valence-corrected chi connectivity index (χ3v) is 4.15. The summed E-state index contributed by atoms with van der Waals surface area (Å²) in [5.41, 5.74) is 6.03. The Bertz CT molecular complexity index is 662. The van der Waals surface area contributed by atoms with E-state index in [-0.39, 0.29) is 11.3 Å². The predicted octanol–water partition coefficient (Wildman–Crippen LogP) is 3.97. The number of pyridine rings is 1. The molecule has 0 aliphatic carbocycles. The lowest BCUT2D eigenvalue weighted by Crippen LogP contribution is -2.26. The molecular formula is C20H26N2O. The zero-order chi connectivity index (χ0) is 17.0. The van der Waals surface area contributed by atoms with E-state index in [0.717, 1.165) is 6.42 Å². The van der Waals surface area contributed by atoms with Gasteiger partial charge in [-0.05, 0) is 60.1 Å². The number of nitrogens with one attached hydrogen (secondary N) is 1. The van der Waals surface area contributed by atoms with Crippen LogP contribution in [0, 0.1) is 13.8 Å². The molecule has 0 bridgehead atoms. The third-order valence-electron chi connectivity index (χ3n) is 4.15. The second kappa shape index (κ2) is 6.95. The topological polar surface area (TPSA) is 42.0 Å². The van der Waals surface area contributed by atoms with E-state index in [1.165, 1.54) is 22.3 Å². The minimum Gasteiger partial charge on any atom is -0.352 e. The molecule has 0 radical (unpaired) electrons. The summed E-state index contributed by atoms with van der Waals surface area (Å²) in [5, 5.41) is 2.97. The van der Waals surface area contributed by atoms with Crippen molar-refractivity contribution in [3.63, 3.8) is 0 Å². The van der Waals surface area contributed by atoms with E-state index in [1.54, 1.807) is 24.5 Å². The summed E-state index contributed by atoms with van der Waals surface area (Å²) in [6, 6.07) is 8.09. The summed E-state index contributed by atoms with van der Waals surface area (Å²) in [7, 11) is 0. The SMILES string of the molecule is Cc1cc(C(C)(C)C)cc(C)c1CCNC(=O)c1cccnc1. The van der Waals surface area contributed by atoms with Gasteiger partial charge in [0.15, 0.2) is 0 Å². The molecule has 2 rings (SSSR count). The van der Waals surface area contributed by atoms with E-state index in [9.17, 15) is 4.79 Å². The molecule has 23 heavy (non-hydrogen) atoms. The van der Waals surface area contributed by atoms with E-state index in [4.69, 9.17) is 0 Å². The molecular weight excluding hydrogens is 284 g/mol. The Balaban J connectivity index is 2.03. The molecule has 0 saturated heterocycles. The molecule has 0 atom stereocenters. The van der Waals surface area contributed by atoms with Crippen molar-refractivity contribution in [1.82, 2.24) is 10.3 Å². The molecule has 1 N–H and O–H groups in total. The minimum absolute atomic E-state index is 0.0697. The lowest BCUT2D eigenvalue weighted by molar-refractivity contribution is 0.0953. The zero-order valence-corrected chi connectivity index (χ0v) is 14.7. The molecule has 1 amide bonds. The number of rotatable bonds is 4. The smallest absolute Gasteiger partial charge is 0.252 e. The van der Waals surface area contributed by atoms with Crippen molar-refractivity contribution < 1.29 is 4.79 Å². The molecule has 0 aliphatic heterocycles. The van der Waals surface area contributed by atoms with Crippen LogP contribution in [0.3, 0.4) is 0 Å². The molecule has 1 heterocycles. The van der Waals surface area contributed by atoms with E-state index < -0.39 is 0 Å². The van der Waals surface area contributed by atoms with E-state index in [0.29, 0.717) is 12.1 Å². The number of nitrogens with zero attached hydrogens (tertiary/aromatic N) is 1. The van der Waals surface area contributed by atoms with Gasteiger partial charge in [0.25, 0.3) is 5.91 Å². The third kappa shape index (κ3) is 4.41. The summed E-state index contributed by atoms with van der Waals surface area (Å²) in [4.78, 5) is 16.0. The number of aryl methyl sites for hydroxylation is 2. The van der Waals surface area contributed by atoms with Crippen LogP contribution in [0.5, 0.6) is 0 Å². The maximum Gasteiger partial charge on any atom is 0.252 e. The summed E-state index contributed by atoms with van der Waals surface area (Å²) in [6.45, 7) is 11.6. The van der Waals surface area contributed by atoms with Crippen molar-refractivity contribution in [3.8, 4) is 0 Å². The second-order valence-corrected chi connectivity index (χ2v) is 7.09. The van der Waals surface area contributed by atoms with E-state index in [1.807, 2.05) is 0 Å². The highest BCUT2D eigenvalue weighted by molar-refractivity contribution is 5.93. The van der Waals surface area contributed by atoms with Crippen molar-refractivity contribution in [2.24, 2.45) is 0 Å². The predicted molar refractivity (Wildman–Crippen MR) is 94.9 cm³/mol. The first kappa shape index (κ1) is 17.2. The summed E-state index contributed by atoms with van der Waals surface area (Å²) < 4.78 is 0. The fourth-order valence-electron chi connectivity index (χ4n) is 2.72. The van der Waals surface area contributed by atoms with Crippen LogP contribution in [0.25, 0.3) is 0 Å². The first-order valence-corrected chi connectivity index (χ1v) is 8.08. The van der Waals surface area contributed by atoms with Crippen molar-refractivity contribution in [1.29, 1.82) is 0 Å². The molecule has 2 aromatic rings. The lowest BCUT2D eigenvalue weighted by Gasteiger charge is -2.22. The Morgan fingerprint density at radius 2 is 1.83 bits per heavy atom. The van der Waals surface area contributed by atoms with E-state index in [2.05, 4.69) is 57.1 Å². The van der Waals surface area contributed by atoms with Crippen LogP contribution in [0.2, 0.25) is 0 Å². The number of aromatic nitrogens is 1. The van der Waals surface area contributed by atoms with Gasteiger partial charge in [0.1, 0.15) is 0 Å². The number of amides is 1. The molecule has 1 aromatic carbocycles. The Kier molecular flexibility index (Phi) is 5.19. The number of carbonyl (C=O) groups is 1. The van der Waals surface area contributed by atoms with Crippen molar-refractivity contribution in [2.75, 3.05) is 6.54 Å². The number of hydrogen-bond donors (Lipinski definition) is 1.